The number of aromatic nitrogens is 2. The minimum Gasteiger partial charge on any atom is -0.367 e. The lowest BCUT2D eigenvalue weighted by atomic mass is 9.96. The molecule has 134 valence electrons. The predicted octanol–water partition coefficient (Wildman–Crippen LogP) is 3.63. The summed E-state index contributed by atoms with van der Waals surface area (Å²) in [6.07, 6.45) is 8.54. The third kappa shape index (κ3) is 3.24. The van der Waals surface area contributed by atoms with Crippen LogP contribution in [-0.4, -0.2) is 39.9 Å². The Kier molecular flexibility index (Phi) is 4.63. The van der Waals surface area contributed by atoms with Gasteiger partial charge >= 0.3 is 0 Å². The molecule has 2 aliphatic rings. The van der Waals surface area contributed by atoms with Crippen molar-refractivity contribution in [1.29, 1.82) is 0 Å². The van der Waals surface area contributed by atoms with Gasteiger partial charge in [-0.15, -0.1) is 11.3 Å². The number of nitrogens with zero attached hydrogens (tertiary/aromatic N) is 3. The van der Waals surface area contributed by atoms with Crippen LogP contribution >= 0.6 is 11.3 Å². The highest BCUT2D eigenvalue weighted by Crippen LogP contribution is 2.38. The van der Waals surface area contributed by atoms with Gasteiger partial charge in [0.15, 0.2) is 0 Å². The molecule has 1 N–H and O–H groups in total. The van der Waals surface area contributed by atoms with Gasteiger partial charge in [0, 0.05) is 29.9 Å². The van der Waals surface area contributed by atoms with Gasteiger partial charge in [-0.3, -0.25) is 4.79 Å². The van der Waals surface area contributed by atoms with Gasteiger partial charge in [0.25, 0.3) is 0 Å². The molecule has 0 bridgehead atoms. The first-order valence-corrected chi connectivity index (χ1v) is 10.3. The molecule has 6 heteroatoms. The van der Waals surface area contributed by atoms with Crippen LogP contribution in [0.4, 0.5) is 5.82 Å². The van der Waals surface area contributed by atoms with Gasteiger partial charge in [-0.1, -0.05) is 13.8 Å². The van der Waals surface area contributed by atoms with E-state index in [2.05, 4.69) is 15.3 Å². The normalized spacial score (nSPS) is 18.6. The number of fused-ring (bicyclic) bond motifs is 3. The summed E-state index contributed by atoms with van der Waals surface area (Å²) in [7, 11) is 0. The molecule has 0 atom stereocenters. The van der Waals surface area contributed by atoms with Crippen LogP contribution in [0.5, 0.6) is 0 Å². The molecule has 1 aliphatic heterocycles. The largest absolute Gasteiger partial charge is 0.367 e. The van der Waals surface area contributed by atoms with Crippen molar-refractivity contribution in [3.05, 3.63) is 16.8 Å². The fraction of sp³-hybridized carbons (Fsp3) is 0.632. The van der Waals surface area contributed by atoms with Crippen molar-refractivity contribution in [2.75, 3.05) is 18.4 Å². The van der Waals surface area contributed by atoms with Crippen molar-refractivity contribution in [1.82, 2.24) is 14.9 Å². The Balaban J connectivity index is 1.50. The smallest absolute Gasteiger partial charge is 0.225 e. The molecule has 3 heterocycles. The number of piperidine rings is 1. The van der Waals surface area contributed by atoms with Crippen molar-refractivity contribution in [3.63, 3.8) is 0 Å². The third-order valence-electron chi connectivity index (χ3n) is 5.39. The van der Waals surface area contributed by atoms with E-state index in [0.717, 1.165) is 43.0 Å². The van der Waals surface area contributed by atoms with Crippen LogP contribution in [0.15, 0.2) is 6.33 Å². The number of likely N-dealkylation sites (tertiary alicyclic amines) is 1. The number of hydrogen-bond donors (Lipinski definition) is 1. The predicted molar refractivity (Wildman–Crippen MR) is 102 cm³/mol. The van der Waals surface area contributed by atoms with Gasteiger partial charge in [0.05, 0.1) is 5.39 Å². The molecule has 0 aromatic carbocycles. The second-order valence-corrected chi connectivity index (χ2v) is 8.60. The zero-order valence-corrected chi connectivity index (χ0v) is 15.9. The lowest BCUT2D eigenvalue weighted by Gasteiger charge is -2.33. The molecule has 1 aliphatic carbocycles. The minimum absolute atomic E-state index is 0.0864. The summed E-state index contributed by atoms with van der Waals surface area (Å²) < 4.78 is 0. The summed E-state index contributed by atoms with van der Waals surface area (Å²) in [5, 5.41) is 4.92. The first kappa shape index (κ1) is 16.8. The number of thiophene rings is 1. The molecule has 2 aromatic heterocycles. The Labute approximate surface area is 152 Å². The highest BCUT2D eigenvalue weighted by Gasteiger charge is 2.26. The first-order chi connectivity index (χ1) is 12.1. The van der Waals surface area contributed by atoms with Gasteiger partial charge in [-0.25, -0.2) is 9.97 Å². The zero-order chi connectivity index (χ0) is 17.4. The standard InChI is InChI=1S/C19H26N4OS/c1-12(2)19(24)23-9-7-13(8-10-23)22-17-16-14-5-3-4-6-15(14)25-18(16)21-11-20-17/h11-13H,3-10H2,1-2H3,(H,20,21,22). The summed E-state index contributed by atoms with van der Waals surface area (Å²) >= 11 is 1.84. The quantitative estimate of drug-likeness (QED) is 0.910. The number of hydrogen-bond acceptors (Lipinski definition) is 5. The maximum Gasteiger partial charge on any atom is 0.225 e. The fourth-order valence-corrected chi connectivity index (χ4v) is 5.23. The van der Waals surface area contributed by atoms with Crippen molar-refractivity contribution in [2.24, 2.45) is 5.92 Å². The van der Waals surface area contributed by atoms with Crippen LogP contribution in [0.3, 0.4) is 0 Å². The van der Waals surface area contributed by atoms with Crippen molar-refractivity contribution in [3.8, 4) is 0 Å². The van der Waals surface area contributed by atoms with Crippen LogP contribution in [0, 0.1) is 5.92 Å². The lowest BCUT2D eigenvalue weighted by molar-refractivity contribution is -0.135. The monoisotopic (exact) mass is 358 g/mol. The molecule has 0 saturated carbocycles. The third-order valence-corrected chi connectivity index (χ3v) is 6.59. The molecule has 0 spiro atoms. The number of carbonyl (C=O) groups is 1. The van der Waals surface area contributed by atoms with Gasteiger partial charge in [0.1, 0.15) is 17.0 Å². The van der Waals surface area contributed by atoms with E-state index in [-0.39, 0.29) is 11.8 Å². The van der Waals surface area contributed by atoms with Crippen molar-refractivity contribution in [2.45, 2.75) is 58.4 Å². The Bertz CT molecular complexity index is 777. The average Bonchev–Trinajstić information content (AvgIpc) is 3.01. The summed E-state index contributed by atoms with van der Waals surface area (Å²) in [6.45, 7) is 5.63. The molecular weight excluding hydrogens is 332 g/mol. The van der Waals surface area contributed by atoms with E-state index in [1.165, 1.54) is 35.1 Å². The number of amides is 1. The number of aryl methyl sites for hydroxylation is 2. The molecule has 1 fully saturated rings. The second kappa shape index (κ2) is 6.90. The lowest BCUT2D eigenvalue weighted by Crippen LogP contribution is -2.44. The molecule has 4 rings (SSSR count). The van der Waals surface area contributed by atoms with E-state index < -0.39 is 0 Å². The Hall–Kier alpha value is -1.69. The van der Waals surface area contributed by atoms with Gasteiger partial charge in [0.2, 0.25) is 5.91 Å². The van der Waals surface area contributed by atoms with Crippen LogP contribution in [-0.2, 0) is 17.6 Å². The molecule has 0 unspecified atom stereocenters. The first-order valence-electron chi connectivity index (χ1n) is 9.44. The Morgan fingerprint density at radius 1 is 1.24 bits per heavy atom. The summed E-state index contributed by atoms with van der Waals surface area (Å²) in [6, 6.07) is 0.383. The molecule has 2 aromatic rings. The zero-order valence-electron chi connectivity index (χ0n) is 15.0. The number of rotatable bonds is 3. The number of nitrogens with one attached hydrogen (secondary N) is 1. The van der Waals surface area contributed by atoms with Gasteiger partial charge in [-0.2, -0.15) is 0 Å². The number of anilines is 1. The van der Waals surface area contributed by atoms with Crippen LogP contribution in [0.25, 0.3) is 10.2 Å². The molecule has 1 amide bonds. The van der Waals surface area contributed by atoms with E-state index in [9.17, 15) is 4.79 Å². The van der Waals surface area contributed by atoms with Crippen LogP contribution in [0.2, 0.25) is 0 Å². The second-order valence-electron chi connectivity index (χ2n) is 7.51. The maximum atomic E-state index is 12.1. The molecular formula is C19H26N4OS. The average molecular weight is 359 g/mol. The fourth-order valence-electron chi connectivity index (χ4n) is 4.00. The Morgan fingerprint density at radius 3 is 2.76 bits per heavy atom. The highest BCUT2D eigenvalue weighted by atomic mass is 32.1. The molecule has 5 nitrogen and oxygen atoms in total. The Morgan fingerprint density at radius 2 is 2.00 bits per heavy atom. The molecule has 25 heavy (non-hydrogen) atoms. The van der Waals surface area contributed by atoms with Crippen LogP contribution < -0.4 is 5.32 Å². The van der Waals surface area contributed by atoms with Crippen molar-refractivity contribution < 1.29 is 4.79 Å². The van der Waals surface area contributed by atoms with Gasteiger partial charge in [-0.05, 0) is 44.1 Å². The van der Waals surface area contributed by atoms with E-state index in [4.69, 9.17) is 0 Å². The van der Waals surface area contributed by atoms with E-state index >= 15 is 0 Å². The summed E-state index contributed by atoms with van der Waals surface area (Å²) in [4.78, 5) is 25.9. The molecule has 0 radical (unpaired) electrons. The number of carbonyl (C=O) groups excluding carboxylic acids is 1. The summed E-state index contributed by atoms with van der Waals surface area (Å²) in [5.41, 5.74) is 1.47. The van der Waals surface area contributed by atoms with Gasteiger partial charge < -0.3 is 10.2 Å². The molecule has 1 saturated heterocycles. The highest BCUT2D eigenvalue weighted by molar-refractivity contribution is 7.19. The maximum absolute atomic E-state index is 12.1. The SMILES string of the molecule is CC(C)C(=O)N1CCC(Nc2ncnc3sc4c(c23)CCCC4)CC1. The van der Waals surface area contributed by atoms with Crippen molar-refractivity contribution >= 4 is 33.3 Å². The topological polar surface area (TPSA) is 58.1 Å². The minimum atomic E-state index is 0.0864. The van der Waals surface area contributed by atoms with E-state index in [0.29, 0.717) is 6.04 Å². The van der Waals surface area contributed by atoms with Crippen LogP contribution in [0.1, 0.15) is 50.0 Å². The van der Waals surface area contributed by atoms with E-state index in [1.54, 1.807) is 6.33 Å². The van der Waals surface area contributed by atoms with E-state index in [1.807, 2.05) is 30.1 Å². The summed E-state index contributed by atoms with van der Waals surface area (Å²) in [5.74, 6) is 1.36.